The lowest BCUT2D eigenvalue weighted by Crippen LogP contribution is -2.38. The number of likely N-dealkylation sites (tertiary alicyclic amines) is 1. The van der Waals surface area contributed by atoms with Crippen molar-refractivity contribution in [1.29, 1.82) is 0 Å². The molecule has 1 saturated heterocycles. The van der Waals surface area contributed by atoms with Crippen LogP contribution in [0.5, 0.6) is 0 Å². The number of rotatable bonds is 2. The van der Waals surface area contributed by atoms with E-state index in [0.29, 0.717) is 13.1 Å². The van der Waals surface area contributed by atoms with Gasteiger partial charge in [0.1, 0.15) is 5.57 Å². The van der Waals surface area contributed by atoms with Gasteiger partial charge in [-0.25, -0.2) is 4.79 Å². The standard InChI is InChI=1S/C10H12N2O5S/c13-9(12-4-2-1-3-5-12)8-7(10(14)15)6-11-18(8,16)17/h6H,1-5H2,(H,14,15). The Hall–Kier alpha value is -1.70. The number of carbonyl (C=O) groups is 2. The first kappa shape index (κ1) is 12.7. The van der Waals surface area contributed by atoms with Gasteiger partial charge in [-0.1, -0.05) is 0 Å². The lowest BCUT2D eigenvalue weighted by molar-refractivity contribution is -0.133. The van der Waals surface area contributed by atoms with Gasteiger partial charge in [0.2, 0.25) is 0 Å². The summed E-state index contributed by atoms with van der Waals surface area (Å²) in [7, 11) is -4.15. The number of piperidine rings is 1. The third-order valence-electron chi connectivity index (χ3n) is 2.89. The van der Waals surface area contributed by atoms with Crippen molar-refractivity contribution in [3.05, 3.63) is 10.5 Å². The predicted octanol–water partition coefficient (Wildman–Crippen LogP) is -0.248. The molecule has 2 heterocycles. The topological polar surface area (TPSA) is 104 Å². The molecule has 18 heavy (non-hydrogen) atoms. The van der Waals surface area contributed by atoms with Crippen LogP contribution in [0.15, 0.2) is 14.9 Å². The van der Waals surface area contributed by atoms with Gasteiger partial charge in [-0.2, -0.15) is 12.8 Å². The molecule has 0 atom stereocenters. The SMILES string of the molecule is O=C(O)C1=C(C(=O)N2CCCCC2)S(=O)(=O)N=C1. The fourth-order valence-corrected chi connectivity index (χ4v) is 3.11. The Morgan fingerprint density at radius 3 is 2.39 bits per heavy atom. The van der Waals surface area contributed by atoms with E-state index in [1.54, 1.807) is 0 Å². The van der Waals surface area contributed by atoms with E-state index >= 15 is 0 Å². The third-order valence-corrected chi connectivity index (χ3v) is 4.18. The number of nitrogens with zero attached hydrogens (tertiary/aromatic N) is 2. The van der Waals surface area contributed by atoms with E-state index in [2.05, 4.69) is 4.40 Å². The van der Waals surface area contributed by atoms with Crippen molar-refractivity contribution in [3.63, 3.8) is 0 Å². The Labute approximate surface area is 104 Å². The zero-order valence-electron chi connectivity index (χ0n) is 9.50. The van der Waals surface area contributed by atoms with Crippen LogP contribution in [0.3, 0.4) is 0 Å². The number of hydrogen-bond acceptors (Lipinski definition) is 4. The van der Waals surface area contributed by atoms with Crippen molar-refractivity contribution < 1.29 is 23.1 Å². The van der Waals surface area contributed by atoms with Crippen LogP contribution in [0, 0.1) is 0 Å². The average molecular weight is 272 g/mol. The second kappa shape index (κ2) is 4.52. The monoisotopic (exact) mass is 272 g/mol. The summed E-state index contributed by atoms with van der Waals surface area (Å²) >= 11 is 0. The van der Waals surface area contributed by atoms with Gasteiger partial charge < -0.3 is 10.0 Å². The van der Waals surface area contributed by atoms with Crippen LogP contribution in [0.1, 0.15) is 19.3 Å². The molecule has 0 aromatic heterocycles. The van der Waals surface area contributed by atoms with Crippen molar-refractivity contribution in [3.8, 4) is 0 Å². The van der Waals surface area contributed by atoms with E-state index in [0.717, 1.165) is 25.5 Å². The molecule has 2 aliphatic rings. The fourth-order valence-electron chi connectivity index (χ4n) is 1.99. The first-order valence-corrected chi connectivity index (χ1v) is 6.94. The molecular formula is C10H12N2O5S. The summed E-state index contributed by atoms with van der Waals surface area (Å²) in [6, 6.07) is 0. The maximum Gasteiger partial charge on any atom is 0.338 e. The number of aliphatic carboxylic acids is 1. The third kappa shape index (κ3) is 2.15. The molecule has 0 radical (unpaired) electrons. The fraction of sp³-hybridized carbons (Fsp3) is 0.500. The maximum absolute atomic E-state index is 12.1. The predicted molar refractivity (Wildman–Crippen MR) is 62.5 cm³/mol. The molecule has 98 valence electrons. The van der Waals surface area contributed by atoms with E-state index in [4.69, 9.17) is 5.11 Å². The van der Waals surface area contributed by atoms with Crippen molar-refractivity contribution in [2.45, 2.75) is 19.3 Å². The molecule has 7 nitrogen and oxygen atoms in total. The van der Waals surface area contributed by atoms with Crippen LogP contribution in [-0.4, -0.2) is 49.6 Å². The Kier molecular flexibility index (Phi) is 3.20. The number of amides is 1. The van der Waals surface area contributed by atoms with E-state index in [1.807, 2.05) is 0 Å². The number of sulfonamides is 1. The smallest absolute Gasteiger partial charge is 0.338 e. The van der Waals surface area contributed by atoms with Crippen molar-refractivity contribution in [2.75, 3.05) is 13.1 Å². The van der Waals surface area contributed by atoms with Gasteiger partial charge in [-0.3, -0.25) is 4.79 Å². The van der Waals surface area contributed by atoms with Crippen LogP contribution in [0.25, 0.3) is 0 Å². The second-order valence-corrected chi connectivity index (χ2v) is 5.68. The number of carbonyl (C=O) groups excluding carboxylic acids is 1. The van der Waals surface area contributed by atoms with Crippen LogP contribution >= 0.6 is 0 Å². The molecule has 0 bridgehead atoms. The molecule has 0 unspecified atom stereocenters. The molecule has 8 heteroatoms. The Morgan fingerprint density at radius 1 is 1.22 bits per heavy atom. The lowest BCUT2D eigenvalue weighted by Gasteiger charge is -2.26. The van der Waals surface area contributed by atoms with Gasteiger partial charge in [-0.05, 0) is 19.3 Å². The maximum atomic E-state index is 12.1. The van der Waals surface area contributed by atoms with Gasteiger partial charge in [-0.15, -0.1) is 0 Å². The summed E-state index contributed by atoms with van der Waals surface area (Å²) in [5, 5.41) is 8.88. The average Bonchev–Trinajstić information content (AvgIpc) is 2.65. The zero-order valence-corrected chi connectivity index (χ0v) is 10.3. The molecular weight excluding hydrogens is 260 g/mol. The van der Waals surface area contributed by atoms with Gasteiger partial charge in [0, 0.05) is 13.1 Å². The van der Waals surface area contributed by atoms with Gasteiger partial charge in [0.05, 0.1) is 6.21 Å². The number of carboxylic acid groups (broad SMARTS) is 1. The Bertz CT molecular complexity index is 555. The summed E-state index contributed by atoms with van der Waals surface area (Å²) in [6.07, 6.45) is 3.29. The summed E-state index contributed by atoms with van der Waals surface area (Å²) in [5.74, 6) is -2.22. The van der Waals surface area contributed by atoms with Crippen molar-refractivity contribution >= 4 is 28.1 Å². The number of hydrogen-bond donors (Lipinski definition) is 1. The highest BCUT2D eigenvalue weighted by molar-refractivity contribution is 7.95. The minimum absolute atomic E-state index is 0.449. The molecule has 0 aliphatic carbocycles. The van der Waals surface area contributed by atoms with Crippen molar-refractivity contribution in [1.82, 2.24) is 4.90 Å². The summed E-state index contributed by atoms with van der Waals surface area (Å²) in [4.78, 5) is 23.6. The molecule has 1 amide bonds. The first-order chi connectivity index (χ1) is 8.43. The van der Waals surface area contributed by atoms with E-state index in [1.165, 1.54) is 4.90 Å². The van der Waals surface area contributed by atoms with Crippen LogP contribution < -0.4 is 0 Å². The highest BCUT2D eigenvalue weighted by Gasteiger charge is 2.37. The second-order valence-electron chi connectivity index (χ2n) is 4.11. The first-order valence-electron chi connectivity index (χ1n) is 5.50. The number of carboxylic acids is 1. The highest BCUT2D eigenvalue weighted by atomic mass is 32.2. The molecule has 2 rings (SSSR count). The van der Waals surface area contributed by atoms with Gasteiger partial charge >= 0.3 is 5.97 Å². The summed E-state index contributed by atoms with van der Waals surface area (Å²) in [5.41, 5.74) is -0.550. The van der Waals surface area contributed by atoms with Gasteiger partial charge in [0.15, 0.2) is 4.91 Å². The quantitative estimate of drug-likeness (QED) is 0.746. The zero-order chi connectivity index (χ0) is 13.3. The van der Waals surface area contributed by atoms with Crippen LogP contribution in [0.2, 0.25) is 0 Å². The van der Waals surface area contributed by atoms with Gasteiger partial charge in [0.25, 0.3) is 15.9 Å². The molecule has 1 fully saturated rings. The lowest BCUT2D eigenvalue weighted by atomic mass is 10.1. The molecule has 2 aliphatic heterocycles. The van der Waals surface area contributed by atoms with E-state index in [-0.39, 0.29) is 0 Å². The highest BCUT2D eigenvalue weighted by Crippen LogP contribution is 2.24. The van der Waals surface area contributed by atoms with E-state index in [9.17, 15) is 18.0 Å². The molecule has 0 spiro atoms. The van der Waals surface area contributed by atoms with Crippen LogP contribution in [0.4, 0.5) is 0 Å². The molecule has 0 aromatic rings. The summed E-state index contributed by atoms with van der Waals surface area (Å²) in [6.45, 7) is 0.898. The minimum Gasteiger partial charge on any atom is -0.478 e. The van der Waals surface area contributed by atoms with E-state index < -0.39 is 32.4 Å². The molecule has 0 aromatic carbocycles. The molecule has 1 N–H and O–H groups in total. The normalized spacial score (nSPS) is 22.3. The minimum atomic E-state index is -4.15. The Morgan fingerprint density at radius 2 is 1.83 bits per heavy atom. The van der Waals surface area contributed by atoms with Crippen LogP contribution in [-0.2, 0) is 19.6 Å². The summed E-state index contributed by atoms with van der Waals surface area (Å²) < 4.78 is 26.3. The van der Waals surface area contributed by atoms with Crippen molar-refractivity contribution in [2.24, 2.45) is 4.40 Å². The Balaban J connectivity index is 2.38. The molecule has 0 saturated carbocycles. The largest absolute Gasteiger partial charge is 0.478 e.